The number of carbonyl (C=O) groups excluding carboxylic acids is 1. The van der Waals surface area contributed by atoms with Crippen molar-refractivity contribution in [1.29, 1.82) is 0 Å². The van der Waals surface area contributed by atoms with Crippen LogP contribution in [0.1, 0.15) is 53.4 Å². The number of hydrogen-bond acceptors (Lipinski definition) is 6. The van der Waals surface area contributed by atoms with E-state index in [9.17, 15) is 4.79 Å². The number of nitrogens with zero attached hydrogens (tertiary/aromatic N) is 3. The van der Waals surface area contributed by atoms with Gasteiger partial charge in [-0.05, 0) is 61.2 Å². The smallest absolute Gasteiger partial charge is 0.336 e. The lowest BCUT2D eigenvalue weighted by Crippen LogP contribution is -2.22. The third-order valence-corrected chi connectivity index (χ3v) is 5.91. The Kier molecular flexibility index (Phi) is 7.90. The van der Waals surface area contributed by atoms with Crippen molar-refractivity contribution < 1.29 is 19.0 Å². The molecule has 1 amide bonds. The van der Waals surface area contributed by atoms with Crippen LogP contribution in [-0.2, 0) is 4.79 Å². The maximum atomic E-state index is 12.7. The first kappa shape index (κ1) is 24.6. The van der Waals surface area contributed by atoms with Crippen molar-refractivity contribution >= 4 is 11.6 Å². The van der Waals surface area contributed by atoms with E-state index in [-0.39, 0.29) is 18.6 Å². The number of unbranched alkanes of at least 4 members (excludes halogenated alkanes) is 1. The Hall–Kier alpha value is -3.55. The molecule has 1 N–H and O–H groups in total. The zero-order chi connectivity index (χ0) is 24.8. The van der Waals surface area contributed by atoms with E-state index < -0.39 is 0 Å². The number of aromatic nitrogens is 3. The van der Waals surface area contributed by atoms with E-state index in [0.717, 1.165) is 42.6 Å². The maximum Gasteiger partial charge on any atom is 0.336 e. The normalized spacial score (nSPS) is 13.2. The summed E-state index contributed by atoms with van der Waals surface area (Å²) in [7, 11) is 0. The number of ether oxygens (including phenoxy) is 3. The summed E-state index contributed by atoms with van der Waals surface area (Å²) < 4.78 is 18.5. The van der Waals surface area contributed by atoms with Crippen molar-refractivity contribution in [2.45, 2.75) is 53.4 Å². The van der Waals surface area contributed by atoms with Gasteiger partial charge in [-0.25, -0.2) is 4.68 Å². The highest BCUT2D eigenvalue weighted by molar-refractivity contribution is 5.92. The summed E-state index contributed by atoms with van der Waals surface area (Å²) >= 11 is 0. The predicted octanol–water partition coefficient (Wildman–Crippen LogP) is 5.85. The minimum absolute atomic E-state index is 0.0308. The molecule has 2 heterocycles. The summed E-state index contributed by atoms with van der Waals surface area (Å²) in [6.45, 7) is 9.09. The number of nitrogens with one attached hydrogen (secondary N) is 1. The molecule has 0 spiro atoms. The van der Waals surface area contributed by atoms with Crippen LogP contribution in [0, 0.1) is 11.8 Å². The zero-order valence-electron chi connectivity index (χ0n) is 20.9. The lowest BCUT2D eigenvalue weighted by atomic mass is 9.98. The SMILES string of the molecule is CCCC[C@@H](CC)C(=O)Nc1ccc(-n2nc(OCC(C)C)nc2-c2ccc3c(c2)OCO3)cc1. The van der Waals surface area contributed by atoms with E-state index in [0.29, 0.717) is 35.9 Å². The van der Waals surface area contributed by atoms with Crippen molar-refractivity contribution in [2.24, 2.45) is 11.8 Å². The molecule has 0 saturated heterocycles. The third kappa shape index (κ3) is 5.93. The second-order valence-electron chi connectivity index (χ2n) is 9.19. The van der Waals surface area contributed by atoms with Gasteiger partial charge in [-0.2, -0.15) is 4.98 Å². The van der Waals surface area contributed by atoms with Gasteiger partial charge in [0.15, 0.2) is 17.3 Å². The number of benzene rings is 2. The molecule has 0 bridgehead atoms. The standard InChI is InChI=1S/C27H34N4O4/c1-5-7-8-19(6-2)26(32)28-21-10-12-22(13-11-21)31-25(29-27(30-31)33-16-18(3)4)20-9-14-23-24(15-20)35-17-34-23/h9-15,18-19H,5-8,16-17H2,1-4H3,(H,28,32)/t19-/m1/s1. The van der Waals surface area contributed by atoms with Crippen LogP contribution in [-0.4, -0.2) is 34.1 Å². The molecule has 3 aromatic rings. The fraction of sp³-hybridized carbons (Fsp3) is 0.444. The van der Waals surface area contributed by atoms with Crippen LogP contribution < -0.4 is 19.5 Å². The van der Waals surface area contributed by atoms with Crippen molar-refractivity contribution in [3.63, 3.8) is 0 Å². The van der Waals surface area contributed by atoms with Crippen LogP contribution in [0.25, 0.3) is 17.1 Å². The molecule has 0 saturated carbocycles. The molecule has 8 nitrogen and oxygen atoms in total. The van der Waals surface area contributed by atoms with Gasteiger partial charge >= 0.3 is 6.01 Å². The number of rotatable bonds is 11. The highest BCUT2D eigenvalue weighted by atomic mass is 16.7. The first-order valence-corrected chi connectivity index (χ1v) is 12.4. The summed E-state index contributed by atoms with van der Waals surface area (Å²) in [4.78, 5) is 17.3. The number of anilines is 1. The highest BCUT2D eigenvalue weighted by Crippen LogP contribution is 2.36. The molecule has 1 aromatic heterocycles. The maximum absolute atomic E-state index is 12.7. The molecule has 0 aliphatic carbocycles. The van der Waals surface area contributed by atoms with Crippen LogP contribution in [0.4, 0.5) is 5.69 Å². The minimum atomic E-state index is 0.0308. The van der Waals surface area contributed by atoms with Gasteiger partial charge in [0.25, 0.3) is 0 Å². The Bertz CT molecular complexity index is 1140. The quantitative estimate of drug-likeness (QED) is 0.372. The fourth-order valence-electron chi connectivity index (χ4n) is 3.90. The molecule has 0 fully saturated rings. The summed E-state index contributed by atoms with van der Waals surface area (Å²) in [6, 6.07) is 13.6. The van der Waals surface area contributed by atoms with E-state index in [4.69, 9.17) is 14.2 Å². The minimum Gasteiger partial charge on any atom is -0.462 e. The van der Waals surface area contributed by atoms with Gasteiger partial charge in [-0.3, -0.25) is 4.79 Å². The first-order valence-electron chi connectivity index (χ1n) is 12.4. The molecule has 35 heavy (non-hydrogen) atoms. The molecule has 1 aliphatic rings. The van der Waals surface area contributed by atoms with Gasteiger partial charge < -0.3 is 19.5 Å². The second kappa shape index (κ2) is 11.3. The van der Waals surface area contributed by atoms with Crippen LogP contribution in [0.2, 0.25) is 0 Å². The van der Waals surface area contributed by atoms with E-state index in [1.54, 1.807) is 4.68 Å². The molecule has 4 rings (SSSR count). The summed E-state index contributed by atoms with van der Waals surface area (Å²) in [5.41, 5.74) is 2.40. The second-order valence-corrected chi connectivity index (χ2v) is 9.19. The molecule has 8 heteroatoms. The number of carbonyl (C=O) groups is 1. The molecule has 186 valence electrons. The summed E-state index contributed by atoms with van der Waals surface area (Å²) in [5, 5.41) is 7.67. The average Bonchev–Trinajstić information content (AvgIpc) is 3.50. The van der Waals surface area contributed by atoms with E-state index >= 15 is 0 Å². The summed E-state index contributed by atoms with van der Waals surface area (Å²) in [5.74, 6) is 2.46. The molecular weight excluding hydrogens is 444 g/mol. The van der Waals surface area contributed by atoms with Gasteiger partial charge in [0.05, 0.1) is 12.3 Å². The predicted molar refractivity (Wildman–Crippen MR) is 135 cm³/mol. The van der Waals surface area contributed by atoms with Gasteiger partial charge in [0.1, 0.15) is 0 Å². The molecule has 0 radical (unpaired) electrons. The number of hydrogen-bond donors (Lipinski definition) is 1. The van der Waals surface area contributed by atoms with Crippen LogP contribution in [0.5, 0.6) is 17.5 Å². The molecule has 0 unspecified atom stereocenters. The lowest BCUT2D eigenvalue weighted by Gasteiger charge is -2.15. The van der Waals surface area contributed by atoms with Gasteiger partial charge in [0.2, 0.25) is 12.7 Å². The molecule has 2 aromatic carbocycles. The Balaban J connectivity index is 1.59. The van der Waals surface area contributed by atoms with Crippen molar-refractivity contribution in [1.82, 2.24) is 14.8 Å². The third-order valence-electron chi connectivity index (χ3n) is 5.91. The van der Waals surface area contributed by atoms with Crippen LogP contribution in [0.15, 0.2) is 42.5 Å². The van der Waals surface area contributed by atoms with E-state index in [1.807, 2.05) is 42.5 Å². The highest BCUT2D eigenvalue weighted by Gasteiger charge is 2.20. The lowest BCUT2D eigenvalue weighted by molar-refractivity contribution is -0.120. The van der Waals surface area contributed by atoms with Gasteiger partial charge in [0, 0.05) is 17.2 Å². The van der Waals surface area contributed by atoms with Crippen LogP contribution >= 0.6 is 0 Å². The van der Waals surface area contributed by atoms with Crippen molar-refractivity contribution in [3.8, 4) is 34.6 Å². The zero-order valence-corrected chi connectivity index (χ0v) is 20.9. The van der Waals surface area contributed by atoms with E-state index in [2.05, 4.69) is 43.1 Å². The summed E-state index contributed by atoms with van der Waals surface area (Å²) in [6.07, 6.45) is 3.89. The van der Waals surface area contributed by atoms with E-state index in [1.165, 1.54) is 0 Å². The van der Waals surface area contributed by atoms with Crippen molar-refractivity contribution in [3.05, 3.63) is 42.5 Å². The topological polar surface area (TPSA) is 87.5 Å². The Labute approximate surface area is 206 Å². The largest absolute Gasteiger partial charge is 0.462 e. The fourth-order valence-corrected chi connectivity index (χ4v) is 3.90. The van der Waals surface area contributed by atoms with Crippen LogP contribution in [0.3, 0.4) is 0 Å². The number of amides is 1. The molecular formula is C27H34N4O4. The Morgan fingerprint density at radius 1 is 1.11 bits per heavy atom. The Morgan fingerprint density at radius 3 is 2.60 bits per heavy atom. The van der Waals surface area contributed by atoms with Crippen molar-refractivity contribution in [2.75, 3.05) is 18.7 Å². The monoisotopic (exact) mass is 478 g/mol. The first-order chi connectivity index (χ1) is 17.0. The average molecular weight is 479 g/mol. The Morgan fingerprint density at radius 2 is 1.89 bits per heavy atom. The number of fused-ring (bicyclic) bond motifs is 1. The molecule has 1 aliphatic heterocycles. The van der Waals surface area contributed by atoms with Gasteiger partial charge in [-0.1, -0.05) is 40.5 Å². The van der Waals surface area contributed by atoms with Gasteiger partial charge in [-0.15, -0.1) is 5.10 Å². The molecule has 1 atom stereocenters.